The molecule has 10 heteroatoms. The average molecular weight is 491 g/mol. The van der Waals surface area contributed by atoms with E-state index in [1.54, 1.807) is 11.5 Å². The highest BCUT2D eigenvalue weighted by Gasteiger charge is 2.28. The Morgan fingerprint density at radius 1 is 1.03 bits per heavy atom. The van der Waals surface area contributed by atoms with Gasteiger partial charge in [-0.25, -0.2) is 9.36 Å². The molecule has 188 valence electrons. The van der Waals surface area contributed by atoms with Crippen molar-refractivity contribution in [2.24, 2.45) is 0 Å². The van der Waals surface area contributed by atoms with E-state index < -0.39 is 6.29 Å². The summed E-state index contributed by atoms with van der Waals surface area (Å²) in [6, 6.07) is 15.8. The molecule has 0 spiro atoms. The number of nitrogens with one attached hydrogen (secondary N) is 1. The second-order valence-corrected chi connectivity index (χ2v) is 8.31. The van der Waals surface area contributed by atoms with Crippen LogP contribution in [-0.4, -0.2) is 49.9 Å². The standard InChI is InChI=1S/C26H30N6O4/c1-5-9-21-23(25(35-3)36-4)32(22(33)6-2)26(34)31(21)16-17-12-14-18(15-13-17)19-10-7-8-11-20(19)24-27-29-30-28-24/h7-8,10-15,25H,5-6,9,16H2,1-4H3,(H,27,28,29,30). The molecule has 0 aliphatic rings. The lowest BCUT2D eigenvalue weighted by Crippen LogP contribution is -2.31. The van der Waals surface area contributed by atoms with Gasteiger partial charge in [0.2, 0.25) is 18.0 Å². The Bertz CT molecular complexity index is 1370. The van der Waals surface area contributed by atoms with E-state index in [0.717, 1.165) is 34.4 Å². The van der Waals surface area contributed by atoms with Gasteiger partial charge in [0.25, 0.3) is 0 Å². The summed E-state index contributed by atoms with van der Waals surface area (Å²) in [4.78, 5) is 26.2. The van der Waals surface area contributed by atoms with Crippen LogP contribution in [0.2, 0.25) is 0 Å². The number of tetrazole rings is 1. The molecule has 0 aliphatic heterocycles. The van der Waals surface area contributed by atoms with Gasteiger partial charge in [-0.05, 0) is 28.3 Å². The van der Waals surface area contributed by atoms with Crippen LogP contribution >= 0.6 is 0 Å². The van der Waals surface area contributed by atoms with Crippen LogP contribution in [0.4, 0.5) is 0 Å². The first-order valence-corrected chi connectivity index (χ1v) is 11.9. The second kappa shape index (κ2) is 11.2. The van der Waals surface area contributed by atoms with Gasteiger partial charge in [0, 0.05) is 31.9 Å². The lowest BCUT2D eigenvalue weighted by atomic mass is 9.98. The number of methoxy groups -OCH3 is 2. The van der Waals surface area contributed by atoms with Crippen molar-refractivity contribution in [3.63, 3.8) is 0 Å². The Labute approximate surface area is 208 Å². The molecule has 0 saturated heterocycles. The van der Waals surface area contributed by atoms with E-state index in [1.807, 2.05) is 55.5 Å². The number of imidazole rings is 1. The van der Waals surface area contributed by atoms with Crippen molar-refractivity contribution >= 4 is 5.91 Å². The summed E-state index contributed by atoms with van der Waals surface area (Å²) in [5.74, 6) is 0.226. The number of ether oxygens (including phenoxy) is 2. The van der Waals surface area contributed by atoms with Crippen LogP contribution < -0.4 is 5.69 Å². The molecule has 0 bridgehead atoms. The van der Waals surface area contributed by atoms with Gasteiger partial charge in [0.15, 0.2) is 0 Å². The highest BCUT2D eigenvalue weighted by molar-refractivity contribution is 5.80. The first-order valence-electron chi connectivity index (χ1n) is 11.9. The minimum Gasteiger partial charge on any atom is -0.350 e. The van der Waals surface area contributed by atoms with Gasteiger partial charge in [-0.1, -0.05) is 68.8 Å². The van der Waals surface area contributed by atoms with E-state index >= 15 is 0 Å². The molecule has 0 radical (unpaired) electrons. The van der Waals surface area contributed by atoms with Gasteiger partial charge in [0.1, 0.15) is 5.69 Å². The zero-order valence-corrected chi connectivity index (χ0v) is 20.9. The summed E-state index contributed by atoms with van der Waals surface area (Å²) in [6.07, 6.45) is 0.772. The van der Waals surface area contributed by atoms with Gasteiger partial charge in [-0.3, -0.25) is 9.36 Å². The number of nitrogens with zero attached hydrogens (tertiary/aromatic N) is 5. The van der Waals surface area contributed by atoms with Crippen LogP contribution in [-0.2, 0) is 22.4 Å². The lowest BCUT2D eigenvalue weighted by Gasteiger charge is -2.17. The third-order valence-corrected chi connectivity index (χ3v) is 6.09. The molecule has 0 amide bonds. The molecule has 0 unspecified atom stereocenters. The Morgan fingerprint density at radius 3 is 2.31 bits per heavy atom. The van der Waals surface area contributed by atoms with Gasteiger partial charge < -0.3 is 9.47 Å². The Morgan fingerprint density at radius 2 is 1.72 bits per heavy atom. The minimum absolute atomic E-state index is 0.192. The first kappa shape index (κ1) is 25.2. The number of aromatic amines is 1. The lowest BCUT2D eigenvalue weighted by molar-refractivity contribution is -0.110. The number of rotatable bonds is 10. The quantitative estimate of drug-likeness (QED) is 0.336. The number of hydrogen-bond donors (Lipinski definition) is 1. The van der Waals surface area contributed by atoms with Crippen LogP contribution in [0.5, 0.6) is 0 Å². The van der Waals surface area contributed by atoms with E-state index in [-0.39, 0.29) is 18.0 Å². The predicted octanol–water partition coefficient (Wildman–Crippen LogP) is 3.84. The summed E-state index contributed by atoms with van der Waals surface area (Å²) >= 11 is 0. The van der Waals surface area contributed by atoms with Gasteiger partial charge >= 0.3 is 5.69 Å². The Balaban J connectivity index is 1.74. The zero-order valence-electron chi connectivity index (χ0n) is 20.9. The van der Waals surface area contributed by atoms with E-state index in [2.05, 4.69) is 20.6 Å². The predicted molar refractivity (Wildman–Crippen MR) is 135 cm³/mol. The molecule has 10 nitrogen and oxygen atoms in total. The molecular formula is C26H30N6O4. The molecule has 1 N–H and O–H groups in total. The number of carbonyl (C=O) groups is 1. The van der Waals surface area contributed by atoms with E-state index in [9.17, 15) is 9.59 Å². The van der Waals surface area contributed by atoms with E-state index in [1.165, 1.54) is 18.8 Å². The third-order valence-electron chi connectivity index (χ3n) is 6.09. The number of H-pyrrole nitrogens is 1. The maximum Gasteiger partial charge on any atom is 0.335 e. The van der Waals surface area contributed by atoms with Crippen molar-refractivity contribution in [1.29, 1.82) is 0 Å². The molecule has 2 heterocycles. The summed E-state index contributed by atoms with van der Waals surface area (Å²) in [6.45, 7) is 4.08. The molecular weight excluding hydrogens is 460 g/mol. The molecule has 4 rings (SSSR count). The fraction of sp³-hybridized carbons (Fsp3) is 0.346. The Kier molecular flexibility index (Phi) is 7.87. The van der Waals surface area contributed by atoms with Crippen molar-refractivity contribution in [3.05, 3.63) is 76.0 Å². The number of benzene rings is 2. The number of hydrogen-bond acceptors (Lipinski definition) is 7. The minimum atomic E-state index is -0.819. The molecule has 2 aromatic carbocycles. The highest BCUT2D eigenvalue weighted by atomic mass is 16.7. The third kappa shape index (κ3) is 4.77. The summed E-state index contributed by atoms with van der Waals surface area (Å²) < 4.78 is 13.8. The monoisotopic (exact) mass is 490 g/mol. The SMILES string of the molecule is CCCc1c(C(OC)OC)n(C(=O)CC)c(=O)n1Cc1ccc(-c2ccccc2-c2nn[nH]n2)cc1. The fourth-order valence-electron chi connectivity index (χ4n) is 4.41. The normalized spacial score (nSPS) is 11.4. The molecule has 2 aromatic heterocycles. The van der Waals surface area contributed by atoms with Gasteiger partial charge in [0.05, 0.1) is 6.54 Å². The van der Waals surface area contributed by atoms with Crippen molar-refractivity contribution in [2.75, 3.05) is 14.2 Å². The average Bonchev–Trinajstić information content (AvgIpc) is 3.53. The second-order valence-electron chi connectivity index (χ2n) is 8.31. The highest BCUT2D eigenvalue weighted by Crippen LogP contribution is 2.30. The molecule has 0 saturated carbocycles. The molecule has 0 fully saturated rings. The first-order chi connectivity index (χ1) is 17.5. The molecule has 0 atom stereocenters. The number of carbonyl (C=O) groups excluding carboxylic acids is 1. The Hall–Kier alpha value is -3.89. The van der Waals surface area contributed by atoms with Gasteiger partial charge in [-0.2, -0.15) is 5.21 Å². The van der Waals surface area contributed by atoms with Crippen LogP contribution in [0.3, 0.4) is 0 Å². The van der Waals surface area contributed by atoms with Crippen LogP contribution in [0.15, 0.2) is 53.3 Å². The summed E-state index contributed by atoms with van der Waals surface area (Å²) in [5, 5.41) is 14.4. The van der Waals surface area contributed by atoms with Crippen LogP contribution in [0.25, 0.3) is 22.5 Å². The molecule has 36 heavy (non-hydrogen) atoms. The largest absolute Gasteiger partial charge is 0.350 e. The van der Waals surface area contributed by atoms with Crippen LogP contribution in [0.1, 0.15) is 54.7 Å². The zero-order chi connectivity index (χ0) is 25.7. The maximum absolute atomic E-state index is 13.5. The van der Waals surface area contributed by atoms with Crippen molar-refractivity contribution < 1.29 is 14.3 Å². The van der Waals surface area contributed by atoms with Crippen molar-refractivity contribution in [1.82, 2.24) is 29.8 Å². The molecule has 0 aliphatic carbocycles. The van der Waals surface area contributed by atoms with E-state index in [4.69, 9.17) is 9.47 Å². The van der Waals surface area contributed by atoms with Gasteiger partial charge in [-0.15, -0.1) is 10.2 Å². The summed E-state index contributed by atoms with van der Waals surface area (Å²) in [7, 11) is 3.00. The van der Waals surface area contributed by atoms with E-state index in [0.29, 0.717) is 24.5 Å². The number of aromatic nitrogens is 6. The maximum atomic E-state index is 13.5. The van der Waals surface area contributed by atoms with Crippen molar-refractivity contribution in [3.8, 4) is 22.5 Å². The smallest absolute Gasteiger partial charge is 0.335 e. The topological polar surface area (TPSA) is 117 Å². The molecule has 4 aromatic rings. The van der Waals surface area contributed by atoms with Crippen molar-refractivity contribution in [2.45, 2.75) is 45.9 Å². The summed E-state index contributed by atoms with van der Waals surface area (Å²) in [5.41, 5.74) is 4.57. The fourth-order valence-corrected chi connectivity index (χ4v) is 4.41. The van der Waals surface area contributed by atoms with Crippen LogP contribution in [0, 0.1) is 0 Å².